The highest BCUT2D eigenvalue weighted by Gasteiger charge is 2.25. The maximum atomic E-state index is 13.1. The number of hydrogen-bond donors (Lipinski definition) is 1. The molecule has 0 bridgehead atoms. The number of nitrogens with zero attached hydrogens (tertiary/aromatic N) is 1. The minimum absolute atomic E-state index is 0.372. The highest BCUT2D eigenvalue weighted by molar-refractivity contribution is 7.89. The Hall–Kier alpha value is -1.61. The number of carbonyl (C=O) groups is 1. The molecule has 0 radical (unpaired) electrons. The fraction of sp³-hybridized carbons (Fsp3) is 0.300. The van der Waals surface area contributed by atoms with Crippen molar-refractivity contribution < 1.29 is 31.5 Å². The van der Waals surface area contributed by atoms with Gasteiger partial charge >= 0.3 is 5.97 Å². The van der Waals surface area contributed by atoms with E-state index >= 15 is 0 Å². The van der Waals surface area contributed by atoms with Crippen LogP contribution in [0.4, 0.5) is 13.2 Å². The van der Waals surface area contributed by atoms with E-state index in [0.717, 1.165) is 13.1 Å². The summed E-state index contributed by atoms with van der Waals surface area (Å²) in [5.74, 6) is -2.76. The number of carboxylic acids is 1. The molecule has 1 aromatic carbocycles. The molecule has 0 unspecified atom stereocenters. The van der Waals surface area contributed by atoms with Crippen LogP contribution in [0.5, 0.6) is 0 Å². The summed E-state index contributed by atoms with van der Waals surface area (Å²) in [6.45, 7) is -1.04. The molecular weight excluding hydrogens is 287 g/mol. The van der Waals surface area contributed by atoms with E-state index in [1.165, 1.54) is 0 Å². The van der Waals surface area contributed by atoms with E-state index in [-0.39, 0.29) is 0 Å². The van der Waals surface area contributed by atoms with Crippen LogP contribution in [-0.4, -0.2) is 43.8 Å². The number of aromatic carboxylic acids is 1. The van der Waals surface area contributed by atoms with Gasteiger partial charge in [0.1, 0.15) is 5.82 Å². The van der Waals surface area contributed by atoms with Crippen molar-refractivity contribution in [2.75, 3.05) is 13.6 Å². The number of rotatable bonds is 5. The van der Waals surface area contributed by atoms with Crippen molar-refractivity contribution in [1.29, 1.82) is 0 Å². The van der Waals surface area contributed by atoms with Gasteiger partial charge < -0.3 is 5.11 Å². The Balaban J connectivity index is 3.22. The fourth-order valence-electron chi connectivity index (χ4n) is 1.30. The average molecular weight is 297 g/mol. The Labute approximate surface area is 107 Å². The molecule has 0 saturated heterocycles. The molecule has 19 heavy (non-hydrogen) atoms. The van der Waals surface area contributed by atoms with E-state index < -0.39 is 45.2 Å². The van der Waals surface area contributed by atoms with Crippen LogP contribution in [0.25, 0.3) is 0 Å². The predicted octanol–water partition coefficient (Wildman–Crippen LogP) is 1.41. The second-order valence-electron chi connectivity index (χ2n) is 3.62. The van der Waals surface area contributed by atoms with Crippen LogP contribution in [0, 0.1) is 5.82 Å². The van der Waals surface area contributed by atoms with Gasteiger partial charge in [-0.3, -0.25) is 0 Å². The average Bonchev–Trinajstić information content (AvgIpc) is 2.27. The Morgan fingerprint density at radius 3 is 2.47 bits per heavy atom. The van der Waals surface area contributed by atoms with Crippen LogP contribution in [-0.2, 0) is 10.0 Å². The first kappa shape index (κ1) is 15.4. The lowest BCUT2D eigenvalue weighted by Gasteiger charge is -2.16. The van der Waals surface area contributed by atoms with E-state index in [1.54, 1.807) is 0 Å². The van der Waals surface area contributed by atoms with Crippen LogP contribution < -0.4 is 0 Å². The lowest BCUT2D eigenvalue weighted by Crippen LogP contribution is -2.31. The third-order valence-electron chi connectivity index (χ3n) is 2.27. The van der Waals surface area contributed by atoms with Crippen molar-refractivity contribution in [3.63, 3.8) is 0 Å². The summed E-state index contributed by atoms with van der Waals surface area (Å²) < 4.78 is 61.4. The summed E-state index contributed by atoms with van der Waals surface area (Å²) in [4.78, 5) is 10.1. The molecule has 1 N–H and O–H groups in total. The monoisotopic (exact) mass is 297 g/mol. The van der Waals surface area contributed by atoms with Gasteiger partial charge in [-0.15, -0.1) is 0 Å². The molecule has 0 atom stereocenters. The molecule has 0 aliphatic carbocycles. The van der Waals surface area contributed by atoms with Crippen molar-refractivity contribution in [2.24, 2.45) is 0 Å². The zero-order chi connectivity index (χ0) is 14.8. The van der Waals surface area contributed by atoms with Gasteiger partial charge in [-0.2, -0.15) is 4.31 Å². The van der Waals surface area contributed by atoms with Crippen molar-refractivity contribution >= 4 is 16.0 Å². The van der Waals surface area contributed by atoms with Crippen LogP contribution in [0.2, 0.25) is 0 Å². The third kappa shape index (κ3) is 3.44. The summed E-state index contributed by atoms with van der Waals surface area (Å²) in [7, 11) is -3.36. The quantitative estimate of drug-likeness (QED) is 0.891. The van der Waals surface area contributed by atoms with Gasteiger partial charge in [0.2, 0.25) is 10.0 Å². The normalized spacial score (nSPS) is 12.1. The number of halogens is 3. The van der Waals surface area contributed by atoms with E-state index in [2.05, 4.69) is 0 Å². The molecule has 9 heteroatoms. The lowest BCUT2D eigenvalue weighted by atomic mass is 10.2. The second kappa shape index (κ2) is 5.57. The van der Waals surface area contributed by atoms with Gasteiger partial charge in [-0.1, -0.05) is 0 Å². The number of carboxylic acid groups (broad SMARTS) is 1. The van der Waals surface area contributed by atoms with E-state index in [4.69, 9.17) is 5.11 Å². The van der Waals surface area contributed by atoms with Crippen molar-refractivity contribution in [3.8, 4) is 0 Å². The number of sulfonamides is 1. The minimum atomic E-state index is -4.28. The summed E-state index contributed by atoms with van der Waals surface area (Å²) in [5, 5.41) is 8.67. The molecule has 0 heterocycles. The maximum absolute atomic E-state index is 13.1. The van der Waals surface area contributed by atoms with Crippen molar-refractivity contribution in [1.82, 2.24) is 4.31 Å². The van der Waals surface area contributed by atoms with Crippen LogP contribution >= 0.6 is 0 Å². The molecule has 0 spiro atoms. The zero-order valence-corrected chi connectivity index (χ0v) is 10.5. The van der Waals surface area contributed by atoms with E-state index in [1.807, 2.05) is 0 Å². The molecule has 0 amide bonds. The number of benzene rings is 1. The van der Waals surface area contributed by atoms with Gasteiger partial charge in [-0.25, -0.2) is 26.4 Å². The van der Waals surface area contributed by atoms with Gasteiger partial charge in [0.25, 0.3) is 6.43 Å². The molecule has 1 aromatic rings. The highest BCUT2D eigenvalue weighted by Crippen LogP contribution is 2.19. The van der Waals surface area contributed by atoms with Gasteiger partial charge in [0.15, 0.2) is 0 Å². The Bertz CT molecular complexity index is 588. The predicted molar refractivity (Wildman–Crippen MR) is 59.2 cm³/mol. The summed E-state index contributed by atoms with van der Waals surface area (Å²) >= 11 is 0. The molecule has 0 aliphatic rings. The Morgan fingerprint density at radius 1 is 1.42 bits per heavy atom. The Kier molecular flexibility index (Phi) is 4.53. The van der Waals surface area contributed by atoms with Crippen LogP contribution in [0.3, 0.4) is 0 Å². The second-order valence-corrected chi connectivity index (χ2v) is 5.67. The molecule has 0 aromatic heterocycles. The molecule has 0 saturated carbocycles. The largest absolute Gasteiger partial charge is 0.478 e. The number of hydrogen-bond acceptors (Lipinski definition) is 3. The highest BCUT2D eigenvalue weighted by atomic mass is 32.2. The SMILES string of the molecule is CN(CC(F)F)S(=O)(=O)c1ccc(F)c(C(=O)O)c1. The first-order valence-corrected chi connectivity index (χ1v) is 6.37. The maximum Gasteiger partial charge on any atom is 0.338 e. The first-order valence-electron chi connectivity index (χ1n) is 4.93. The molecule has 1 rings (SSSR count). The van der Waals surface area contributed by atoms with Gasteiger partial charge in [0.05, 0.1) is 17.0 Å². The van der Waals surface area contributed by atoms with Crippen molar-refractivity contribution in [3.05, 3.63) is 29.6 Å². The molecule has 0 aliphatic heterocycles. The van der Waals surface area contributed by atoms with E-state index in [0.29, 0.717) is 16.4 Å². The van der Waals surface area contributed by atoms with Gasteiger partial charge in [-0.05, 0) is 18.2 Å². The third-order valence-corrected chi connectivity index (χ3v) is 4.09. The molecule has 0 fully saturated rings. The smallest absolute Gasteiger partial charge is 0.338 e. The lowest BCUT2D eigenvalue weighted by molar-refractivity contribution is 0.0691. The number of alkyl halides is 2. The fourth-order valence-corrected chi connectivity index (χ4v) is 2.48. The molecule has 106 valence electrons. The Morgan fingerprint density at radius 2 is 2.00 bits per heavy atom. The van der Waals surface area contributed by atoms with E-state index in [9.17, 15) is 26.4 Å². The first-order chi connectivity index (χ1) is 8.66. The summed E-state index contributed by atoms with van der Waals surface area (Å²) in [6.07, 6.45) is -2.88. The van der Waals surface area contributed by atoms with Gasteiger partial charge in [0, 0.05) is 7.05 Å². The topological polar surface area (TPSA) is 74.7 Å². The summed E-state index contributed by atoms with van der Waals surface area (Å²) in [5.41, 5.74) is -0.841. The molecular formula is C10H10F3NO4S. The van der Waals surface area contributed by atoms with Crippen LogP contribution in [0.15, 0.2) is 23.1 Å². The van der Waals surface area contributed by atoms with Crippen LogP contribution in [0.1, 0.15) is 10.4 Å². The van der Waals surface area contributed by atoms with Crippen molar-refractivity contribution in [2.45, 2.75) is 11.3 Å². The molecule has 5 nitrogen and oxygen atoms in total. The standard InChI is InChI=1S/C10H10F3NO4S/c1-14(5-9(12)13)19(17,18)6-2-3-8(11)7(4-6)10(15)16/h2-4,9H,5H2,1H3,(H,15,16). The minimum Gasteiger partial charge on any atom is -0.478 e. The zero-order valence-electron chi connectivity index (χ0n) is 9.68. The summed E-state index contributed by atoms with van der Waals surface area (Å²) in [6, 6.07) is 2.07.